The van der Waals surface area contributed by atoms with E-state index >= 15 is 0 Å². The number of hydrogen-bond acceptors (Lipinski definition) is 4. The van der Waals surface area contributed by atoms with E-state index in [0.29, 0.717) is 23.8 Å². The van der Waals surface area contributed by atoms with Crippen LogP contribution in [0.4, 0.5) is 0 Å². The number of rotatable bonds is 7. The highest BCUT2D eigenvalue weighted by Gasteiger charge is 2.11. The molecule has 0 fully saturated rings. The highest BCUT2D eigenvalue weighted by molar-refractivity contribution is 14.0. The molecule has 160 valence electrons. The zero-order chi connectivity index (χ0) is 20.6. The molecule has 7 nitrogen and oxygen atoms in total. The Bertz CT molecular complexity index is 960. The number of halogens is 1. The predicted octanol–water partition coefficient (Wildman–Crippen LogP) is 4.02. The van der Waals surface area contributed by atoms with Crippen LogP contribution in [0.1, 0.15) is 31.0 Å². The summed E-state index contributed by atoms with van der Waals surface area (Å²) in [6.45, 7) is 5.16. The van der Waals surface area contributed by atoms with Crippen molar-refractivity contribution in [3.05, 3.63) is 72.1 Å². The molecule has 1 heterocycles. The molecular formula is C22H28IN5O2. The van der Waals surface area contributed by atoms with Crippen LogP contribution in [0.3, 0.4) is 0 Å². The third-order valence-corrected chi connectivity index (χ3v) is 4.55. The number of methoxy groups -OCH3 is 1. The minimum absolute atomic E-state index is 0. The molecule has 0 saturated heterocycles. The van der Waals surface area contributed by atoms with Crippen molar-refractivity contribution in [1.29, 1.82) is 0 Å². The Hall–Kier alpha value is -2.75. The standard InChI is InChI=1S/C22H27N5O2.HI/c1-4-23-22(24-15-18-9-6-11-20(29-3)21(18)28)26-16(2)17-8-5-10-19(14-17)27-13-7-12-25-27;/h5-14,16,28H,4,15H2,1-3H3,(H2,23,24,26);1H. The summed E-state index contributed by atoms with van der Waals surface area (Å²) in [4.78, 5) is 4.62. The molecule has 3 aromatic rings. The quantitative estimate of drug-likeness (QED) is 0.249. The smallest absolute Gasteiger partial charge is 0.192 e. The number of nitrogens with one attached hydrogen (secondary N) is 2. The van der Waals surface area contributed by atoms with E-state index in [9.17, 15) is 5.11 Å². The summed E-state index contributed by atoms with van der Waals surface area (Å²) in [7, 11) is 1.53. The Morgan fingerprint density at radius 3 is 2.73 bits per heavy atom. The van der Waals surface area contributed by atoms with Crippen LogP contribution in [0.2, 0.25) is 0 Å². The highest BCUT2D eigenvalue weighted by Crippen LogP contribution is 2.29. The second-order valence-corrected chi connectivity index (χ2v) is 6.57. The van der Waals surface area contributed by atoms with Crippen molar-refractivity contribution in [2.75, 3.05) is 13.7 Å². The lowest BCUT2D eigenvalue weighted by Gasteiger charge is -2.19. The minimum Gasteiger partial charge on any atom is -0.504 e. The summed E-state index contributed by atoms with van der Waals surface area (Å²) in [5, 5.41) is 21.2. The molecule has 3 rings (SSSR count). The number of benzene rings is 2. The SMILES string of the molecule is CCNC(=NCc1cccc(OC)c1O)NC(C)c1cccc(-n2cccn2)c1.I. The molecule has 8 heteroatoms. The van der Waals surface area contributed by atoms with Crippen molar-refractivity contribution in [3.63, 3.8) is 0 Å². The Balaban J connectivity index is 0.00000320. The van der Waals surface area contributed by atoms with Gasteiger partial charge in [0, 0.05) is 24.5 Å². The van der Waals surface area contributed by atoms with Crippen molar-refractivity contribution in [3.8, 4) is 17.2 Å². The van der Waals surface area contributed by atoms with Gasteiger partial charge in [-0.25, -0.2) is 9.67 Å². The highest BCUT2D eigenvalue weighted by atomic mass is 127. The number of phenolic OH excluding ortho intramolecular Hbond substituents is 1. The van der Waals surface area contributed by atoms with Crippen LogP contribution in [-0.2, 0) is 6.54 Å². The maximum atomic E-state index is 10.3. The van der Waals surface area contributed by atoms with Crippen molar-refractivity contribution < 1.29 is 9.84 Å². The van der Waals surface area contributed by atoms with Crippen LogP contribution in [-0.4, -0.2) is 34.5 Å². The van der Waals surface area contributed by atoms with Gasteiger partial charge in [-0.05, 0) is 43.7 Å². The zero-order valence-electron chi connectivity index (χ0n) is 17.4. The van der Waals surface area contributed by atoms with Crippen molar-refractivity contribution in [2.24, 2.45) is 4.99 Å². The van der Waals surface area contributed by atoms with Crippen LogP contribution < -0.4 is 15.4 Å². The number of hydrogen-bond donors (Lipinski definition) is 3. The van der Waals surface area contributed by atoms with Crippen LogP contribution in [0.25, 0.3) is 5.69 Å². The van der Waals surface area contributed by atoms with Gasteiger partial charge in [0.2, 0.25) is 0 Å². The molecule has 1 aromatic heterocycles. The van der Waals surface area contributed by atoms with E-state index in [2.05, 4.69) is 39.8 Å². The van der Waals surface area contributed by atoms with Crippen molar-refractivity contribution >= 4 is 29.9 Å². The summed E-state index contributed by atoms with van der Waals surface area (Å²) in [5.74, 6) is 1.24. The van der Waals surface area contributed by atoms with Crippen LogP contribution in [0.5, 0.6) is 11.5 Å². The van der Waals surface area contributed by atoms with Crippen LogP contribution >= 0.6 is 24.0 Å². The number of phenols is 1. The molecule has 30 heavy (non-hydrogen) atoms. The Labute approximate surface area is 194 Å². The van der Waals surface area contributed by atoms with E-state index in [4.69, 9.17) is 4.74 Å². The summed E-state index contributed by atoms with van der Waals surface area (Å²) in [6.07, 6.45) is 3.68. The Kier molecular flexibility index (Phi) is 8.97. The molecular weight excluding hydrogens is 493 g/mol. The maximum Gasteiger partial charge on any atom is 0.192 e. The van der Waals surface area contributed by atoms with Gasteiger partial charge >= 0.3 is 0 Å². The van der Waals surface area contributed by atoms with Gasteiger partial charge in [-0.15, -0.1) is 24.0 Å². The first-order chi connectivity index (χ1) is 14.1. The molecule has 1 atom stereocenters. The topological polar surface area (TPSA) is 83.7 Å². The summed E-state index contributed by atoms with van der Waals surface area (Å²) >= 11 is 0. The predicted molar refractivity (Wildman–Crippen MR) is 130 cm³/mol. The van der Waals surface area contributed by atoms with Crippen molar-refractivity contribution in [1.82, 2.24) is 20.4 Å². The monoisotopic (exact) mass is 521 g/mol. The molecule has 0 radical (unpaired) electrons. The van der Waals surface area contributed by atoms with E-state index in [1.54, 1.807) is 12.3 Å². The first-order valence-corrected chi connectivity index (χ1v) is 9.62. The summed E-state index contributed by atoms with van der Waals surface area (Å²) in [5.41, 5.74) is 2.83. The number of nitrogens with zero attached hydrogens (tertiary/aromatic N) is 3. The summed E-state index contributed by atoms with van der Waals surface area (Å²) < 4.78 is 7.00. The van der Waals surface area contributed by atoms with Gasteiger partial charge < -0.3 is 20.5 Å². The van der Waals surface area contributed by atoms with Gasteiger partial charge in [0.1, 0.15) is 0 Å². The fourth-order valence-corrected chi connectivity index (χ4v) is 2.99. The first-order valence-electron chi connectivity index (χ1n) is 9.62. The molecule has 0 amide bonds. The molecule has 3 N–H and O–H groups in total. The van der Waals surface area contributed by atoms with Gasteiger partial charge in [0.05, 0.1) is 25.4 Å². The minimum atomic E-state index is 0. The molecule has 0 spiro atoms. The average molecular weight is 521 g/mol. The Morgan fingerprint density at radius 1 is 1.23 bits per heavy atom. The van der Waals surface area contributed by atoms with Gasteiger partial charge in [0.15, 0.2) is 17.5 Å². The van der Waals surface area contributed by atoms with E-state index in [1.165, 1.54) is 7.11 Å². The van der Waals surface area contributed by atoms with Gasteiger partial charge in [-0.2, -0.15) is 5.10 Å². The second kappa shape index (κ2) is 11.4. The molecule has 0 aliphatic rings. The largest absolute Gasteiger partial charge is 0.504 e. The number of guanidine groups is 1. The molecule has 0 saturated carbocycles. The molecule has 1 unspecified atom stereocenters. The molecule has 0 aliphatic heterocycles. The van der Waals surface area contributed by atoms with Crippen LogP contribution in [0.15, 0.2) is 65.9 Å². The van der Waals surface area contributed by atoms with Crippen molar-refractivity contribution in [2.45, 2.75) is 26.4 Å². The first kappa shape index (κ1) is 23.5. The lowest BCUT2D eigenvalue weighted by Crippen LogP contribution is -2.38. The lowest BCUT2D eigenvalue weighted by atomic mass is 10.1. The third-order valence-electron chi connectivity index (χ3n) is 4.55. The zero-order valence-corrected chi connectivity index (χ0v) is 19.7. The number of aliphatic imine (C=N–C) groups is 1. The third kappa shape index (κ3) is 5.88. The van der Waals surface area contributed by atoms with Gasteiger partial charge in [0.25, 0.3) is 0 Å². The van der Waals surface area contributed by atoms with E-state index in [-0.39, 0.29) is 35.8 Å². The fraction of sp³-hybridized carbons (Fsp3) is 0.273. The fourth-order valence-electron chi connectivity index (χ4n) is 2.99. The number of aromatic hydroxyl groups is 1. The van der Waals surface area contributed by atoms with Gasteiger partial charge in [-0.3, -0.25) is 0 Å². The average Bonchev–Trinajstić information content (AvgIpc) is 3.28. The maximum absolute atomic E-state index is 10.3. The lowest BCUT2D eigenvalue weighted by molar-refractivity contribution is 0.370. The van der Waals surface area contributed by atoms with E-state index in [0.717, 1.165) is 17.8 Å². The number of ether oxygens (including phenoxy) is 1. The van der Waals surface area contributed by atoms with Crippen LogP contribution in [0, 0.1) is 0 Å². The molecule has 2 aromatic carbocycles. The van der Waals surface area contributed by atoms with E-state index < -0.39 is 0 Å². The van der Waals surface area contributed by atoms with Gasteiger partial charge in [-0.1, -0.05) is 24.3 Å². The number of aromatic nitrogens is 2. The normalized spacial score (nSPS) is 12.0. The Morgan fingerprint density at radius 2 is 2.03 bits per heavy atom. The molecule has 0 bridgehead atoms. The second-order valence-electron chi connectivity index (χ2n) is 6.57. The van der Waals surface area contributed by atoms with E-state index in [1.807, 2.05) is 48.1 Å². The molecule has 0 aliphatic carbocycles. The number of para-hydroxylation sites is 1. The summed E-state index contributed by atoms with van der Waals surface area (Å²) in [6, 6.07) is 15.5.